The van der Waals surface area contributed by atoms with Gasteiger partial charge in [0.2, 0.25) is 0 Å². The summed E-state index contributed by atoms with van der Waals surface area (Å²) >= 11 is 0. The molecule has 1 heterocycles. The summed E-state index contributed by atoms with van der Waals surface area (Å²) in [4.78, 5) is 23.7. The number of nitrogens with zero attached hydrogens (tertiary/aromatic N) is 1. The van der Waals surface area contributed by atoms with Crippen molar-refractivity contribution >= 4 is 12.0 Å². The van der Waals surface area contributed by atoms with Crippen molar-refractivity contribution in [2.24, 2.45) is 0 Å². The fourth-order valence-electron chi connectivity index (χ4n) is 1.68. The van der Waals surface area contributed by atoms with Crippen molar-refractivity contribution in [1.29, 1.82) is 0 Å². The number of carboxylic acid groups (broad SMARTS) is 1. The molecule has 0 saturated carbocycles. The predicted molar refractivity (Wildman–Crippen MR) is 51.1 cm³/mol. The maximum Gasteiger partial charge on any atom is 0.326 e. The number of aliphatic carboxylic acids is 1. The SMILES string of the molecule is CCNC(=O)N1CCCC[C@@H]1C(=O)O. The van der Waals surface area contributed by atoms with E-state index in [0.29, 0.717) is 19.5 Å². The Morgan fingerprint density at radius 1 is 1.50 bits per heavy atom. The smallest absolute Gasteiger partial charge is 0.326 e. The molecule has 1 rings (SSSR count). The normalized spacial score (nSPS) is 21.8. The van der Waals surface area contributed by atoms with Gasteiger partial charge in [-0.15, -0.1) is 0 Å². The van der Waals surface area contributed by atoms with E-state index in [1.165, 1.54) is 4.90 Å². The van der Waals surface area contributed by atoms with E-state index in [4.69, 9.17) is 5.11 Å². The maximum absolute atomic E-state index is 11.5. The van der Waals surface area contributed by atoms with Crippen molar-refractivity contribution in [2.75, 3.05) is 13.1 Å². The fraction of sp³-hybridized carbons (Fsp3) is 0.778. The van der Waals surface area contributed by atoms with Gasteiger partial charge in [0.05, 0.1) is 0 Å². The molecule has 0 aromatic rings. The first-order valence-corrected chi connectivity index (χ1v) is 4.94. The molecule has 0 aromatic heterocycles. The molecule has 1 fully saturated rings. The highest BCUT2D eigenvalue weighted by molar-refractivity contribution is 5.82. The first-order chi connectivity index (χ1) is 6.66. The topological polar surface area (TPSA) is 69.6 Å². The van der Waals surface area contributed by atoms with E-state index in [-0.39, 0.29) is 6.03 Å². The molecule has 5 nitrogen and oxygen atoms in total. The summed E-state index contributed by atoms with van der Waals surface area (Å²) in [6.07, 6.45) is 2.33. The van der Waals surface area contributed by atoms with E-state index >= 15 is 0 Å². The third-order valence-electron chi connectivity index (χ3n) is 2.38. The van der Waals surface area contributed by atoms with Gasteiger partial charge in [-0.3, -0.25) is 0 Å². The van der Waals surface area contributed by atoms with Gasteiger partial charge in [0.1, 0.15) is 6.04 Å². The molecule has 0 radical (unpaired) electrons. The van der Waals surface area contributed by atoms with Crippen LogP contribution in [0.5, 0.6) is 0 Å². The van der Waals surface area contributed by atoms with Crippen LogP contribution in [0.15, 0.2) is 0 Å². The first-order valence-electron chi connectivity index (χ1n) is 4.94. The Morgan fingerprint density at radius 3 is 2.79 bits per heavy atom. The third-order valence-corrected chi connectivity index (χ3v) is 2.38. The number of nitrogens with one attached hydrogen (secondary N) is 1. The molecular formula is C9H16N2O3. The molecule has 0 spiro atoms. The monoisotopic (exact) mass is 200 g/mol. The minimum Gasteiger partial charge on any atom is -0.480 e. The molecule has 0 aromatic carbocycles. The highest BCUT2D eigenvalue weighted by Gasteiger charge is 2.31. The molecule has 1 atom stereocenters. The molecule has 2 N–H and O–H groups in total. The van der Waals surface area contributed by atoms with Crippen LogP contribution in [0.1, 0.15) is 26.2 Å². The van der Waals surface area contributed by atoms with E-state index in [0.717, 1.165) is 12.8 Å². The highest BCUT2D eigenvalue weighted by atomic mass is 16.4. The summed E-state index contributed by atoms with van der Waals surface area (Å²) in [6.45, 7) is 2.89. The lowest BCUT2D eigenvalue weighted by molar-refractivity contribution is -0.143. The van der Waals surface area contributed by atoms with Crippen LogP contribution in [0.2, 0.25) is 0 Å². The van der Waals surface area contributed by atoms with E-state index in [9.17, 15) is 9.59 Å². The van der Waals surface area contributed by atoms with Crippen LogP contribution < -0.4 is 5.32 Å². The average Bonchev–Trinajstić information content (AvgIpc) is 2.18. The number of carbonyl (C=O) groups is 2. The number of carbonyl (C=O) groups excluding carboxylic acids is 1. The van der Waals surface area contributed by atoms with Gasteiger partial charge in [-0.05, 0) is 26.2 Å². The lowest BCUT2D eigenvalue weighted by Crippen LogP contribution is -2.51. The zero-order chi connectivity index (χ0) is 10.6. The van der Waals surface area contributed by atoms with Gasteiger partial charge in [-0.2, -0.15) is 0 Å². The van der Waals surface area contributed by atoms with Gasteiger partial charge >= 0.3 is 12.0 Å². The molecule has 5 heteroatoms. The van der Waals surface area contributed by atoms with Crippen LogP contribution in [-0.4, -0.2) is 41.1 Å². The van der Waals surface area contributed by atoms with E-state index in [2.05, 4.69) is 5.32 Å². The molecule has 14 heavy (non-hydrogen) atoms. The van der Waals surface area contributed by atoms with Gasteiger partial charge in [0.15, 0.2) is 0 Å². The molecule has 0 aliphatic carbocycles. The number of amides is 2. The van der Waals surface area contributed by atoms with Gasteiger partial charge in [-0.25, -0.2) is 9.59 Å². The second-order valence-corrected chi connectivity index (χ2v) is 3.38. The molecule has 1 aliphatic rings. The van der Waals surface area contributed by atoms with Crippen molar-refractivity contribution in [2.45, 2.75) is 32.2 Å². The van der Waals surface area contributed by atoms with Gasteiger partial charge in [0, 0.05) is 13.1 Å². The Bertz CT molecular complexity index is 230. The Labute approximate surface area is 83.1 Å². The van der Waals surface area contributed by atoms with Crippen molar-refractivity contribution in [3.63, 3.8) is 0 Å². The standard InChI is InChI=1S/C9H16N2O3/c1-2-10-9(14)11-6-4-3-5-7(11)8(12)13/h7H,2-6H2,1H3,(H,10,14)(H,12,13)/t7-/m1/s1. The van der Waals surface area contributed by atoms with Crippen LogP contribution in [0.3, 0.4) is 0 Å². The number of likely N-dealkylation sites (tertiary alicyclic amines) is 1. The van der Waals surface area contributed by atoms with Crippen LogP contribution in [0.4, 0.5) is 4.79 Å². The molecule has 0 unspecified atom stereocenters. The van der Waals surface area contributed by atoms with Crippen molar-refractivity contribution < 1.29 is 14.7 Å². The second-order valence-electron chi connectivity index (χ2n) is 3.38. The van der Waals surface area contributed by atoms with Crippen LogP contribution >= 0.6 is 0 Å². The summed E-state index contributed by atoms with van der Waals surface area (Å²) in [5.41, 5.74) is 0. The number of urea groups is 1. The number of carboxylic acids is 1. The second kappa shape index (κ2) is 4.83. The van der Waals surface area contributed by atoms with Crippen LogP contribution in [0, 0.1) is 0 Å². The summed E-state index contributed by atoms with van der Waals surface area (Å²) in [6, 6.07) is -0.908. The van der Waals surface area contributed by atoms with Crippen LogP contribution in [0.25, 0.3) is 0 Å². The summed E-state index contributed by atoms with van der Waals surface area (Å²) in [5, 5.41) is 11.5. The molecule has 1 saturated heterocycles. The molecule has 2 amide bonds. The Morgan fingerprint density at radius 2 is 2.21 bits per heavy atom. The summed E-state index contributed by atoms with van der Waals surface area (Å²) in [7, 11) is 0. The average molecular weight is 200 g/mol. The van der Waals surface area contributed by atoms with E-state index in [1.807, 2.05) is 6.92 Å². The zero-order valence-electron chi connectivity index (χ0n) is 8.32. The minimum absolute atomic E-state index is 0.264. The van der Waals surface area contributed by atoms with Gasteiger partial charge in [0.25, 0.3) is 0 Å². The molecule has 80 valence electrons. The number of hydrogen-bond acceptors (Lipinski definition) is 2. The van der Waals surface area contributed by atoms with E-state index < -0.39 is 12.0 Å². The maximum atomic E-state index is 11.5. The predicted octanol–water partition coefficient (Wildman–Crippen LogP) is 0.655. The quantitative estimate of drug-likeness (QED) is 0.687. The number of hydrogen-bond donors (Lipinski definition) is 2. The van der Waals surface area contributed by atoms with Crippen molar-refractivity contribution in [3.8, 4) is 0 Å². The number of piperidine rings is 1. The van der Waals surface area contributed by atoms with Crippen LogP contribution in [-0.2, 0) is 4.79 Å². The largest absolute Gasteiger partial charge is 0.480 e. The zero-order valence-corrected chi connectivity index (χ0v) is 8.32. The molecular weight excluding hydrogens is 184 g/mol. The van der Waals surface area contributed by atoms with Gasteiger partial charge < -0.3 is 15.3 Å². The lowest BCUT2D eigenvalue weighted by Gasteiger charge is -2.32. The Kier molecular flexibility index (Phi) is 3.73. The first kappa shape index (κ1) is 10.8. The molecule has 0 bridgehead atoms. The van der Waals surface area contributed by atoms with Crippen molar-refractivity contribution in [1.82, 2.24) is 10.2 Å². The summed E-state index contributed by atoms with van der Waals surface area (Å²) < 4.78 is 0. The Hall–Kier alpha value is -1.26. The van der Waals surface area contributed by atoms with Gasteiger partial charge in [-0.1, -0.05) is 0 Å². The minimum atomic E-state index is -0.907. The summed E-state index contributed by atoms with van der Waals surface area (Å²) in [5.74, 6) is -0.907. The fourth-order valence-corrected chi connectivity index (χ4v) is 1.68. The molecule has 1 aliphatic heterocycles. The lowest BCUT2D eigenvalue weighted by atomic mass is 10.0. The number of rotatable bonds is 2. The van der Waals surface area contributed by atoms with E-state index in [1.54, 1.807) is 0 Å². The Balaban J connectivity index is 2.62. The highest BCUT2D eigenvalue weighted by Crippen LogP contribution is 2.16. The third kappa shape index (κ3) is 2.37. The van der Waals surface area contributed by atoms with Crippen molar-refractivity contribution in [3.05, 3.63) is 0 Å².